The largest absolute Gasteiger partial charge is 0.489 e. The van der Waals surface area contributed by atoms with Gasteiger partial charge in [0.15, 0.2) is 0 Å². The van der Waals surface area contributed by atoms with Crippen molar-refractivity contribution in [2.24, 2.45) is 0 Å². The van der Waals surface area contributed by atoms with Crippen molar-refractivity contribution < 1.29 is 22.3 Å². The fourth-order valence-electron chi connectivity index (χ4n) is 3.18. The minimum absolute atomic E-state index is 0.110. The highest BCUT2D eigenvalue weighted by molar-refractivity contribution is 5.87. The zero-order valence-electron chi connectivity index (χ0n) is 14.6. The molecule has 1 aliphatic heterocycles. The number of halogens is 4. The van der Waals surface area contributed by atoms with Crippen LogP contribution in [0, 0.1) is 5.95 Å². The molecule has 0 aliphatic carbocycles. The Kier molecular flexibility index (Phi) is 5.07. The van der Waals surface area contributed by atoms with Crippen molar-refractivity contribution in [2.75, 3.05) is 13.1 Å². The number of fused-ring (bicyclic) bond motifs is 1. The normalized spacial score (nSPS) is 16.0. The Morgan fingerprint density at radius 1 is 1.23 bits per heavy atom. The second kappa shape index (κ2) is 7.13. The molecule has 3 nitrogen and oxygen atoms in total. The molecule has 0 saturated carbocycles. The van der Waals surface area contributed by atoms with Gasteiger partial charge in [0.05, 0.1) is 11.1 Å². The smallest absolute Gasteiger partial charge is 0.418 e. The van der Waals surface area contributed by atoms with Crippen LogP contribution in [0.1, 0.15) is 32.3 Å². The molecule has 2 aromatic rings. The summed E-state index contributed by atoms with van der Waals surface area (Å²) in [4.78, 5) is 5.64. The van der Waals surface area contributed by atoms with Crippen LogP contribution in [0.15, 0.2) is 36.0 Å². The van der Waals surface area contributed by atoms with Gasteiger partial charge in [0.1, 0.15) is 11.9 Å². The fourth-order valence-corrected chi connectivity index (χ4v) is 3.18. The number of ether oxygens (including phenoxy) is 1. The molecular weight excluding hydrogens is 348 g/mol. The summed E-state index contributed by atoms with van der Waals surface area (Å²) in [5.74, 6) is -0.870. The predicted octanol–water partition coefficient (Wildman–Crippen LogP) is 5.16. The number of hydrogen-bond donors (Lipinski definition) is 0. The quantitative estimate of drug-likeness (QED) is 0.553. The molecule has 26 heavy (non-hydrogen) atoms. The van der Waals surface area contributed by atoms with Gasteiger partial charge in [-0.1, -0.05) is 11.6 Å². The third-order valence-corrected chi connectivity index (χ3v) is 4.29. The Bertz CT molecular complexity index is 820. The van der Waals surface area contributed by atoms with E-state index in [-0.39, 0.29) is 17.2 Å². The van der Waals surface area contributed by atoms with Crippen LogP contribution in [0.4, 0.5) is 17.6 Å². The maximum Gasteiger partial charge on any atom is 0.418 e. The number of nitrogens with zero attached hydrogens (tertiary/aromatic N) is 2. The number of benzene rings is 1. The molecule has 0 spiro atoms. The summed E-state index contributed by atoms with van der Waals surface area (Å²) in [6.07, 6.45) is -1.26. The molecule has 1 aliphatic rings. The van der Waals surface area contributed by atoms with Gasteiger partial charge in [0.25, 0.3) is 0 Å². The van der Waals surface area contributed by atoms with Crippen molar-refractivity contribution >= 4 is 10.9 Å². The first-order valence-electron chi connectivity index (χ1n) is 8.46. The SMILES string of the molecule is CC(C)=CN1CCC(Oc2cc(F)nc3c(C(F)(F)F)cccc23)CC1. The van der Waals surface area contributed by atoms with E-state index >= 15 is 0 Å². The van der Waals surface area contributed by atoms with Gasteiger partial charge in [-0.15, -0.1) is 0 Å². The Labute approximate surface area is 149 Å². The molecule has 7 heteroatoms. The maximum atomic E-state index is 13.9. The first-order chi connectivity index (χ1) is 12.2. The number of aromatic nitrogens is 1. The van der Waals surface area contributed by atoms with Crippen molar-refractivity contribution in [3.8, 4) is 5.75 Å². The summed E-state index contributed by atoms with van der Waals surface area (Å²) in [5.41, 5.74) is -0.180. The Hall–Kier alpha value is -2.31. The van der Waals surface area contributed by atoms with Crippen molar-refractivity contribution in [2.45, 2.75) is 39.0 Å². The average molecular weight is 368 g/mol. The third-order valence-electron chi connectivity index (χ3n) is 4.29. The molecule has 1 aromatic carbocycles. The Balaban J connectivity index is 1.86. The molecule has 0 N–H and O–H groups in total. The van der Waals surface area contributed by atoms with Gasteiger partial charge >= 0.3 is 6.18 Å². The molecule has 0 radical (unpaired) electrons. The molecule has 0 atom stereocenters. The number of rotatable bonds is 3. The minimum Gasteiger partial charge on any atom is -0.489 e. The van der Waals surface area contributed by atoms with Gasteiger partial charge in [-0.25, -0.2) is 4.98 Å². The number of likely N-dealkylation sites (tertiary alicyclic amines) is 1. The molecule has 1 aromatic heterocycles. The van der Waals surface area contributed by atoms with Gasteiger partial charge in [-0.2, -0.15) is 17.6 Å². The van der Waals surface area contributed by atoms with Crippen LogP contribution in [0.3, 0.4) is 0 Å². The van der Waals surface area contributed by atoms with Crippen molar-refractivity contribution in [3.05, 3.63) is 47.5 Å². The highest BCUT2D eigenvalue weighted by Gasteiger charge is 2.34. The Morgan fingerprint density at radius 3 is 2.54 bits per heavy atom. The van der Waals surface area contributed by atoms with Crippen LogP contribution in [-0.2, 0) is 6.18 Å². The number of para-hydroxylation sites is 1. The van der Waals surface area contributed by atoms with Gasteiger partial charge in [0.2, 0.25) is 5.95 Å². The van der Waals surface area contributed by atoms with Crippen LogP contribution >= 0.6 is 0 Å². The van der Waals surface area contributed by atoms with Gasteiger partial charge < -0.3 is 9.64 Å². The molecule has 1 saturated heterocycles. The standard InChI is InChI=1S/C19H20F4N2O/c1-12(2)11-25-8-6-13(7-9-25)26-16-10-17(20)24-18-14(16)4-3-5-15(18)19(21,22)23/h3-5,10-11,13H,6-9H2,1-2H3. The molecule has 0 amide bonds. The summed E-state index contributed by atoms with van der Waals surface area (Å²) in [6, 6.07) is 4.72. The molecule has 140 valence electrons. The van der Waals surface area contributed by atoms with Crippen LogP contribution < -0.4 is 4.74 Å². The average Bonchev–Trinajstić information content (AvgIpc) is 2.54. The van der Waals surface area contributed by atoms with Crippen molar-refractivity contribution in [1.29, 1.82) is 0 Å². The van der Waals surface area contributed by atoms with E-state index in [9.17, 15) is 17.6 Å². The first kappa shape index (κ1) is 18.5. The maximum absolute atomic E-state index is 13.9. The number of piperidine rings is 1. The zero-order valence-corrected chi connectivity index (χ0v) is 14.6. The van der Waals surface area contributed by atoms with Gasteiger partial charge in [0, 0.05) is 37.4 Å². The summed E-state index contributed by atoms with van der Waals surface area (Å²) in [7, 11) is 0. The van der Waals surface area contributed by atoms with E-state index in [2.05, 4.69) is 16.1 Å². The van der Waals surface area contributed by atoms with E-state index in [0.717, 1.165) is 25.2 Å². The zero-order chi connectivity index (χ0) is 18.9. The van der Waals surface area contributed by atoms with Gasteiger partial charge in [-0.05, 0) is 32.2 Å². The highest BCUT2D eigenvalue weighted by atomic mass is 19.4. The molecule has 0 unspecified atom stereocenters. The summed E-state index contributed by atoms with van der Waals surface area (Å²) >= 11 is 0. The van der Waals surface area contributed by atoms with Gasteiger partial charge in [-0.3, -0.25) is 0 Å². The van der Waals surface area contributed by atoms with E-state index < -0.39 is 23.2 Å². The molecule has 1 fully saturated rings. The minimum atomic E-state index is -4.60. The third kappa shape index (κ3) is 4.08. The number of pyridine rings is 1. The van der Waals surface area contributed by atoms with Crippen molar-refractivity contribution in [3.63, 3.8) is 0 Å². The lowest BCUT2D eigenvalue weighted by Crippen LogP contribution is -2.35. The summed E-state index contributed by atoms with van der Waals surface area (Å²) in [6.45, 7) is 5.61. The number of allylic oxidation sites excluding steroid dienone is 1. The van der Waals surface area contributed by atoms with Crippen LogP contribution in [-0.4, -0.2) is 29.1 Å². The molecule has 3 rings (SSSR count). The van der Waals surface area contributed by atoms with Crippen LogP contribution in [0.2, 0.25) is 0 Å². The van der Waals surface area contributed by atoms with Crippen LogP contribution in [0.25, 0.3) is 10.9 Å². The summed E-state index contributed by atoms with van der Waals surface area (Å²) < 4.78 is 59.2. The Morgan fingerprint density at radius 2 is 1.92 bits per heavy atom. The fraction of sp³-hybridized carbons (Fsp3) is 0.421. The van der Waals surface area contributed by atoms with Crippen LogP contribution in [0.5, 0.6) is 5.75 Å². The van der Waals surface area contributed by atoms with E-state index in [1.807, 2.05) is 13.8 Å². The lowest BCUT2D eigenvalue weighted by molar-refractivity contribution is -0.136. The number of alkyl halides is 3. The van der Waals surface area contributed by atoms with E-state index in [0.29, 0.717) is 12.8 Å². The molecular formula is C19H20F4N2O. The van der Waals surface area contributed by atoms with E-state index in [1.54, 1.807) is 0 Å². The first-order valence-corrected chi connectivity index (χ1v) is 8.46. The summed E-state index contributed by atoms with van der Waals surface area (Å²) in [5, 5.41) is 0.174. The monoisotopic (exact) mass is 368 g/mol. The lowest BCUT2D eigenvalue weighted by Gasteiger charge is -2.32. The second-order valence-electron chi connectivity index (χ2n) is 6.70. The topological polar surface area (TPSA) is 25.4 Å². The van der Waals surface area contributed by atoms with Crippen molar-refractivity contribution in [1.82, 2.24) is 9.88 Å². The predicted molar refractivity (Wildman–Crippen MR) is 91.4 cm³/mol. The lowest BCUT2D eigenvalue weighted by atomic mass is 10.1. The molecule has 2 heterocycles. The number of hydrogen-bond acceptors (Lipinski definition) is 3. The van der Waals surface area contributed by atoms with E-state index in [1.165, 1.54) is 17.7 Å². The highest BCUT2D eigenvalue weighted by Crippen LogP contribution is 2.37. The molecule has 0 bridgehead atoms. The second-order valence-corrected chi connectivity index (χ2v) is 6.70. The van der Waals surface area contributed by atoms with E-state index in [4.69, 9.17) is 4.74 Å².